The van der Waals surface area contributed by atoms with E-state index in [0.29, 0.717) is 5.17 Å². The minimum Gasteiger partial charge on any atom is -0.318 e. The average Bonchev–Trinajstić information content (AvgIpc) is 3.25. The molecule has 1 N–H and O–H groups in total. The second-order valence-corrected chi connectivity index (χ2v) is 9.01. The van der Waals surface area contributed by atoms with Crippen LogP contribution >= 0.6 is 11.8 Å². The van der Waals surface area contributed by atoms with Crippen LogP contribution in [0.15, 0.2) is 46.0 Å². The lowest BCUT2D eigenvalue weighted by Crippen LogP contribution is -2.35. The molecule has 2 aliphatic heterocycles. The van der Waals surface area contributed by atoms with Crippen LogP contribution < -0.4 is 0 Å². The average molecular weight is 434 g/mol. The van der Waals surface area contributed by atoms with E-state index in [4.69, 9.17) is 5.41 Å². The molecule has 0 aliphatic carbocycles. The Morgan fingerprint density at radius 2 is 1.97 bits per heavy atom. The van der Waals surface area contributed by atoms with Crippen molar-refractivity contribution in [2.24, 2.45) is 10.1 Å². The standard InChI is InChI=1S/C24H27N5OS/c1-5-6-7-11-21-27-29-22(25)20(23(30)26-24(29)31-21)14-18-13-16(3)28(17(18)4)19-10-8-9-15(2)12-19/h8-10,12-14,25H,5-7,11H2,1-4H3/b20-14+,25-22?. The van der Waals surface area contributed by atoms with Crippen molar-refractivity contribution in [2.45, 2.75) is 53.4 Å². The van der Waals surface area contributed by atoms with Gasteiger partial charge in [0.2, 0.25) is 5.17 Å². The van der Waals surface area contributed by atoms with Gasteiger partial charge >= 0.3 is 0 Å². The molecule has 0 atom stereocenters. The highest BCUT2D eigenvalue weighted by Crippen LogP contribution is 2.31. The number of benzene rings is 1. The molecule has 2 aliphatic rings. The molecule has 4 rings (SSSR count). The van der Waals surface area contributed by atoms with Gasteiger partial charge in [0.15, 0.2) is 5.84 Å². The Morgan fingerprint density at radius 3 is 2.71 bits per heavy atom. The van der Waals surface area contributed by atoms with Crippen LogP contribution in [0.1, 0.15) is 55.1 Å². The molecule has 0 unspecified atom stereocenters. The smallest absolute Gasteiger partial charge is 0.283 e. The van der Waals surface area contributed by atoms with Crippen molar-refractivity contribution in [2.75, 3.05) is 0 Å². The molecule has 7 heteroatoms. The third kappa shape index (κ3) is 4.14. The number of amidine groups is 2. The number of thioether (sulfide) groups is 1. The highest BCUT2D eigenvalue weighted by atomic mass is 32.2. The summed E-state index contributed by atoms with van der Waals surface area (Å²) >= 11 is 1.40. The van der Waals surface area contributed by atoms with E-state index < -0.39 is 0 Å². The number of aryl methyl sites for hydroxylation is 2. The first-order valence-corrected chi connectivity index (χ1v) is 11.5. The number of nitrogens with one attached hydrogen (secondary N) is 1. The van der Waals surface area contributed by atoms with Crippen molar-refractivity contribution >= 4 is 39.8 Å². The highest BCUT2D eigenvalue weighted by molar-refractivity contribution is 8.26. The van der Waals surface area contributed by atoms with Crippen LogP contribution in [0.4, 0.5) is 0 Å². The largest absolute Gasteiger partial charge is 0.318 e. The van der Waals surface area contributed by atoms with E-state index in [2.05, 4.69) is 46.7 Å². The molecule has 3 heterocycles. The third-order valence-electron chi connectivity index (χ3n) is 5.52. The van der Waals surface area contributed by atoms with Crippen LogP contribution in [0, 0.1) is 26.2 Å². The first-order valence-electron chi connectivity index (χ1n) is 10.6. The number of hydrogen-bond donors (Lipinski definition) is 1. The van der Waals surface area contributed by atoms with Crippen LogP contribution in [0.2, 0.25) is 0 Å². The first-order chi connectivity index (χ1) is 14.9. The Hall–Kier alpha value is -2.93. The number of carbonyl (C=O) groups is 1. The van der Waals surface area contributed by atoms with Crippen molar-refractivity contribution in [1.29, 1.82) is 5.41 Å². The summed E-state index contributed by atoms with van der Waals surface area (Å²) in [6, 6.07) is 10.4. The normalized spacial score (nSPS) is 17.3. The molecule has 160 valence electrons. The van der Waals surface area contributed by atoms with E-state index in [1.807, 2.05) is 26.0 Å². The summed E-state index contributed by atoms with van der Waals surface area (Å²) in [5, 5.41) is 16.1. The number of aromatic nitrogens is 1. The topological polar surface area (TPSA) is 73.8 Å². The maximum absolute atomic E-state index is 12.7. The molecule has 1 aromatic heterocycles. The van der Waals surface area contributed by atoms with Gasteiger partial charge in [-0.1, -0.05) is 31.9 Å². The van der Waals surface area contributed by atoms with Crippen molar-refractivity contribution < 1.29 is 4.79 Å². The van der Waals surface area contributed by atoms with E-state index in [0.717, 1.165) is 53.4 Å². The number of hydrogen-bond acceptors (Lipinski definition) is 4. The number of amides is 1. The molecule has 0 bridgehead atoms. The molecule has 0 radical (unpaired) electrons. The predicted molar refractivity (Wildman–Crippen MR) is 129 cm³/mol. The van der Waals surface area contributed by atoms with Gasteiger partial charge in [-0.3, -0.25) is 10.2 Å². The monoisotopic (exact) mass is 433 g/mol. The lowest BCUT2D eigenvalue weighted by molar-refractivity contribution is -0.114. The Balaban J connectivity index is 1.65. The van der Waals surface area contributed by atoms with Gasteiger partial charge in [-0.15, -0.1) is 0 Å². The van der Waals surface area contributed by atoms with Gasteiger partial charge in [0.05, 0.1) is 5.57 Å². The van der Waals surface area contributed by atoms with E-state index in [1.165, 1.54) is 22.3 Å². The Kier molecular flexibility index (Phi) is 5.96. The van der Waals surface area contributed by atoms with Crippen molar-refractivity contribution in [1.82, 2.24) is 9.58 Å². The summed E-state index contributed by atoms with van der Waals surface area (Å²) < 4.78 is 2.17. The van der Waals surface area contributed by atoms with Crippen LogP contribution in [0.3, 0.4) is 0 Å². The van der Waals surface area contributed by atoms with Crippen molar-refractivity contribution in [3.8, 4) is 5.69 Å². The zero-order chi connectivity index (χ0) is 22.1. The minimum atomic E-state index is -0.380. The second kappa shape index (κ2) is 8.67. The highest BCUT2D eigenvalue weighted by Gasteiger charge is 2.35. The number of fused-ring (bicyclic) bond motifs is 1. The number of rotatable bonds is 6. The lowest BCUT2D eigenvalue weighted by Gasteiger charge is -2.20. The lowest BCUT2D eigenvalue weighted by atomic mass is 10.1. The molecule has 1 amide bonds. The number of aliphatic imine (C=N–C) groups is 1. The molecular weight excluding hydrogens is 406 g/mol. The van der Waals surface area contributed by atoms with Gasteiger partial charge in [-0.2, -0.15) is 15.1 Å². The Morgan fingerprint density at radius 1 is 1.16 bits per heavy atom. The molecule has 0 fully saturated rings. The molecule has 0 saturated heterocycles. The van der Waals surface area contributed by atoms with Gasteiger partial charge in [-0.05, 0) is 80.8 Å². The molecule has 0 saturated carbocycles. The minimum absolute atomic E-state index is 0.0911. The zero-order valence-electron chi connectivity index (χ0n) is 18.4. The summed E-state index contributed by atoms with van der Waals surface area (Å²) in [6.45, 7) is 8.32. The Bertz CT molecular complexity index is 1150. The second-order valence-electron chi connectivity index (χ2n) is 7.97. The quantitative estimate of drug-likeness (QED) is 0.476. The van der Waals surface area contributed by atoms with Crippen LogP contribution in [-0.2, 0) is 4.79 Å². The first kappa shape index (κ1) is 21.3. The predicted octanol–water partition coefficient (Wildman–Crippen LogP) is 5.60. The summed E-state index contributed by atoms with van der Waals surface area (Å²) in [7, 11) is 0. The van der Waals surface area contributed by atoms with E-state index in [1.54, 1.807) is 6.08 Å². The van der Waals surface area contributed by atoms with Gasteiger partial charge in [0.25, 0.3) is 5.91 Å². The molecule has 6 nitrogen and oxygen atoms in total. The Labute approximate surface area is 187 Å². The van der Waals surface area contributed by atoms with E-state index in [-0.39, 0.29) is 17.3 Å². The fourth-order valence-electron chi connectivity index (χ4n) is 3.91. The fraction of sp³-hybridized carbons (Fsp3) is 0.333. The molecule has 0 spiro atoms. The van der Waals surface area contributed by atoms with Gasteiger partial charge in [0, 0.05) is 17.1 Å². The van der Waals surface area contributed by atoms with E-state index in [9.17, 15) is 4.79 Å². The fourth-order valence-corrected chi connectivity index (χ4v) is 4.84. The van der Waals surface area contributed by atoms with Crippen LogP contribution in [0.5, 0.6) is 0 Å². The zero-order valence-corrected chi connectivity index (χ0v) is 19.2. The van der Waals surface area contributed by atoms with Gasteiger partial charge in [-0.25, -0.2) is 0 Å². The summed E-state index contributed by atoms with van der Waals surface area (Å²) in [5.74, 6) is -0.289. The molecular formula is C24H27N5OS. The number of carbonyl (C=O) groups excluding carboxylic acids is 1. The third-order valence-corrected chi connectivity index (χ3v) is 6.49. The molecule has 31 heavy (non-hydrogen) atoms. The number of unbranched alkanes of at least 4 members (excludes halogenated alkanes) is 2. The number of hydrazone groups is 1. The maximum atomic E-state index is 12.7. The summed E-state index contributed by atoms with van der Waals surface area (Å²) in [5.41, 5.74) is 5.54. The van der Waals surface area contributed by atoms with Crippen LogP contribution in [-0.4, -0.2) is 31.5 Å². The SMILES string of the molecule is CCCCCC1=NN2C(=N)/C(=C\c3cc(C)n(-c4cccc(C)c4)c3C)C(=O)N=C2S1. The summed E-state index contributed by atoms with van der Waals surface area (Å²) in [4.78, 5) is 17.0. The van der Waals surface area contributed by atoms with Crippen LogP contribution in [0.25, 0.3) is 11.8 Å². The van der Waals surface area contributed by atoms with E-state index >= 15 is 0 Å². The van der Waals surface area contributed by atoms with Gasteiger partial charge < -0.3 is 4.57 Å². The summed E-state index contributed by atoms with van der Waals surface area (Å²) in [6.07, 6.45) is 5.97. The maximum Gasteiger partial charge on any atom is 0.283 e. The van der Waals surface area contributed by atoms with Crippen molar-refractivity contribution in [3.05, 3.63) is 58.4 Å². The number of nitrogens with zero attached hydrogens (tertiary/aromatic N) is 4. The molecule has 2 aromatic rings. The molecule has 1 aromatic carbocycles. The van der Waals surface area contributed by atoms with Gasteiger partial charge in [0.1, 0.15) is 5.04 Å². The van der Waals surface area contributed by atoms with Crippen molar-refractivity contribution in [3.63, 3.8) is 0 Å².